The first-order valence-corrected chi connectivity index (χ1v) is 9.55. The van der Waals surface area contributed by atoms with Crippen molar-refractivity contribution in [3.05, 3.63) is 54.4 Å². The van der Waals surface area contributed by atoms with Crippen LogP contribution >= 0.6 is 0 Å². The van der Waals surface area contributed by atoms with Crippen molar-refractivity contribution in [3.8, 4) is 0 Å². The summed E-state index contributed by atoms with van der Waals surface area (Å²) in [7, 11) is -3.52. The third kappa shape index (κ3) is 3.04. The number of benzene rings is 1. The van der Waals surface area contributed by atoms with Crippen molar-refractivity contribution >= 4 is 21.6 Å². The molecule has 0 aliphatic carbocycles. The fourth-order valence-corrected chi connectivity index (χ4v) is 5.05. The lowest BCUT2D eigenvalue weighted by Crippen LogP contribution is -2.46. The Morgan fingerprint density at radius 3 is 2.64 bits per heavy atom. The Morgan fingerprint density at radius 2 is 2.04 bits per heavy atom. The van der Waals surface area contributed by atoms with Crippen molar-refractivity contribution in [3.63, 3.8) is 0 Å². The summed E-state index contributed by atoms with van der Waals surface area (Å²) < 4.78 is 27.1. The summed E-state index contributed by atoms with van der Waals surface area (Å²) in [5.41, 5.74) is 0.984. The molecule has 2 saturated heterocycles. The average Bonchev–Trinajstić information content (AvgIpc) is 3.26. The van der Waals surface area contributed by atoms with Crippen molar-refractivity contribution in [2.24, 2.45) is 0 Å². The quantitative estimate of drug-likeness (QED) is 0.853. The van der Waals surface area contributed by atoms with Crippen LogP contribution in [0.25, 0.3) is 0 Å². The van der Waals surface area contributed by atoms with Gasteiger partial charge in [0.15, 0.2) is 0 Å². The summed E-state index contributed by atoms with van der Waals surface area (Å²) in [6, 6.07) is 9.80. The van der Waals surface area contributed by atoms with Gasteiger partial charge in [0, 0.05) is 36.9 Å². The minimum absolute atomic E-state index is 0.0311. The van der Waals surface area contributed by atoms with Gasteiger partial charge in [-0.25, -0.2) is 8.42 Å². The molecule has 2 aliphatic rings. The fraction of sp³-hybridized carbons (Fsp3) is 0.294. The summed E-state index contributed by atoms with van der Waals surface area (Å²) in [6.45, 7) is 1.21. The number of nitrogens with one attached hydrogen (secondary N) is 2. The Morgan fingerprint density at radius 1 is 1.24 bits per heavy atom. The molecule has 0 spiro atoms. The molecule has 1 aromatic carbocycles. The van der Waals surface area contributed by atoms with E-state index in [0.717, 1.165) is 6.42 Å². The van der Waals surface area contributed by atoms with E-state index in [4.69, 9.17) is 0 Å². The van der Waals surface area contributed by atoms with E-state index in [1.54, 1.807) is 28.8 Å². The first-order valence-electron chi connectivity index (χ1n) is 8.11. The number of nitrogens with zero attached hydrogens (tertiary/aromatic N) is 2. The molecule has 2 bridgehead atoms. The second-order valence-electron chi connectivity index (χ2n) is 6.29. The summed E-state index contributed by atoms with van der Waals surface area (Å²) in [6.07, 6.45) is 4.04. The highest BCUT2D eigenvalue weighted by Crippen LogP contribution is 2.29. The highest BCUT2D eigenvalue weighted by Gasteiger charge is 2.44. The maximum Gasteiger partial charge on any atom is 0.255 e. The predicted octanol–water partition coefficient (Wildman–Crippen LogP) is 1.07. The van der Waals surface area contributed by atoms with E-state index in [9.17, 15) is 13.2 Å². The van der Waals surface area contributed by atoms with Crippen molar-refractivity contribution in [1.82, 2.24) is 14.6 Å². The van der Waals surface area contributed by atoms with Gasteiger partial charge in [-0.2, -0.15) is 4.31 Å². The Balaban J connectivity index is 1.51. The van der Waals surface area contributed by atoms with Gasteiger partial charge in [0.25, 0.3) is 5.91 Å². The number of amides is 1. The third-order valence-corrected chi connectivity index (χ3v) is 6.58. The molecule has 8 heteroatoms. The average molecular weight is 358 g/mol. The van der Waals surface area contributed by atoms with Gasteiger partial charge in [0.1, 0.15) is 0 Å². The molecule has 25 heavy (non-hydrogen) atoms. The van der Waals surface area contributed by atoms with Crippen LogP contribution in [0.1, 0.15) is 16.8 Å². The summed E-state index contributed by atoms with van der Waals surface area (Å²) in [4.78, 5) is 16.4. The highest BCUT2D eigenvalue weighted by atomic mass is 32.2. The molecule has 4 rings (SSSR count). The summed E-state index contributed by atoms with van der Waals surface area (Å²) in [5, 5.41) is 6.02. The molecule has 2 aliphatic heterocycles. The lowest BCUT2D eigenvalue weighted by Gasteiger charge is -2.26. The van der Waals surface area contributed by atoms with Gasteiger partial charge in [-0.3, -0.25) is 9.78 Å². The monoisotopic (exact) mass is 358 g/mol. The number of fused-ring (bicyclic) bond motifs is 2. The van der Waals surface area contributed by atoms with E-state index in [-0.39, 0.29) is 22.9 Å². The SMILES string of the molecule is O=C(Nc1cccnc1)c1ccc(S(=O)(=O)N2C[C@@H]3C[C@H]2CN3)cc1. The van der Waals surface area contributed by atoms with E-state index in [1.165, 1.54) is 24.3 Å². The van der Waals surface area contributed by atoms with Gasteiger partial charge < -0.3 is 10.6 Å². The number of carbonyl (C=O) groups excluding carboxylic acids is 1. The van der Waals surface area contributed by atoms with Gasteiger partial charge in [0.05, 0.1) is 16.8 Å². The van der Waals surface area contributed by atoms with Crippen LogP contribution in [0.2, 0.25) is 0 Å². The zero-order valence-electron chi connectivity index (χ0n) is 13.4. The van der Waals surface area contributed by atoms with Crippen LogP contribution in [-0.2, 0) is 10.0 Å². The lowest BCUT2D eigenvalue weighted by molar-refractivity contribution is 0.102. The number of anilines is 1. The molecule has 1 amide bonds. The van der Waals surface area contributed by atoms with Crippen LogP contribution < -0.4 is 10.6 Å². The molecule has 0 radical (unpaired) electrons. The topological polar surface area (TPSA) is 91.4 Å². The zero-order chi connectivity index (χ0) is 17.4. The van der Waals surface area contributed by atoms with Crippen LogP contribution in [0, 0.1) is 0 Å². The minimum atomic E-state index is -3.52. The van der Waals surface area contributed by atoms with Crippen LogP contribution in [0.3, 0.4) is 0 Å². The molecule has 130 valence electrons. The van der Waals surface area contributed by atoms with Crippen molar-refractivity contribution in [2.45, 2.75) is 23.4 Å². The smallest absolute Gasteiger partial charge is 0.255 e. The molecule has 0 saturated carbocycles. The minimum Gasteiger partial charge on any atom is -0.321 e. The summed E-state index contributed by atoms with van der Waals surface area (Å²) >= 11 is 0. The molecule has 2 fully saturated rings. The van der Waals surface area contributed by atoms with E-state index >= 15 is 0 Å². The van der Waals surface area contributed by atoms with Crippen LogP contribution in [0.4, 0.5) is 5.69 Å². The number of hydrogen-bond donors (Lipinski definition) is 2. The van der Waals surface area contributed by atoms with Gasteiger partial charge in [0.2, 0.25) is 10.0 Å². The predicted molar refractivity (Wildman–Crippen MR) is 92.7 cm³/mol. The number of carbonyl (C=O) groups is 1. The lowest BCUT2D eigenvalue weighted by atomic mass is 10.2. The molecule has 2 N–H and O–H groups in total. The van der Waals surface area contributed by atoms with Gasteiger partial charge in [-0.05, 0) is 42.8 Å². The van der Waals surface area contributed by atoms with Crippen LogP contribution in [0.15, 0.2) is 53.7 Å². The maximum atomic E-state index is 12.8. The molecule has 2 aromatic rings. The Labute approximate surface area is 146 Å². The van der Waals surface area contributed by atoms with E-state index in [2.05, 4.69) is 15.6 Å². The van der Waals surface area contributed by atoms with Crippen LogP contribution in [0.5, 0.6) is 0 Å². The first kappa shape index (κ1) is 16.2. The molecular formula is C17H18N4O3S. The Hall–Kier alpha value is -2.29. The van der Waals surface area contributed by atoms with Gasteiger partial charge >= 0.3 is 0 Å². The van der Waals surface area contributed by atoms with E-state index in [0.29, 0.717) is 24.3 Å². The van der Waals surface area contributed by atoms with Crippen molar-refractivity contribution in [2.75, 3.05) is 18.4 Å². The van der Waals surface area contributed by atoms with Crippen molar-refractivity contribution < 1.29 is 13.2 Å². The Kier molecular flexibility index (Phi) is 4.03. The molecule has 7 nitrogen and oxygen atoms in total. The van der Waals surface area contributed by atoms with Crippen molar-refractivity contribution in [1.29, 1.82) is 0 Å². The normalized spacial score (nSPS) is 22.9. The standard InChI is InChI=1S/C17H18N4O3S/c22-17(20-13-2-1-7-18-9-13)12-3-5-16(6-4-12)25(23,24)21-11-14-8-15(21)10-19-14/h1-7,9,14-15,19H,8,10-11H2,(H,20,22)/t14-,15-/m0/s1. The molecular weight excluding hydrogens is 340 g/mol. The van der Waals surface area contributed by atoms with Crippen LogP contribution in [-0.4, -0.2) is 48.8 Å². The number of aromatic nitrogens is 1. The first-order chi connectivity index (χ1) is 12.0. The number of hydrogen-bond acceptors (Lipinski definition) is 5. The van der Waals surface area contributed by atoms with E-state index in [1.807, 2.05) is 0 Å². The second kappa shape index (κ2) is 6.21. The second-order valence-corrected chi connectivity index (χ2v) is 8.18. The van der Waals surface area contributed by atoms with E-state index < -0.39 is 10.0 Å². The number of piperazine rings is 1. The molecule has 2 atom stereocenters. The zero-order valence-corrected chi connectivity index (χ0v) is 14.2. The van der Waals surface area contributed by atoms with Gasteiger partial charge in [-0.1, -0.05) is 0 Å². The number of rotatable bonds is 4. The largest absolute Gasteiger partial charge is 0.321 e. The fourth-order valence-electron chi connectivity index (χ4n) is 3.37. The number of sulfonamides is 1. The molecule has 3 heterocycles. The Bertz CT molecular complexity index is 884. The van der Waals surface area contributed by atoms with Gasteiger partial charge in [-0.15, -0.1) is 0 Å². The molecule has 1 aromatic heterocycles. The number of pyridine rings is 1. The maximum absolute atomic E-state index is 12.8. The summed E-state index contributed by atoms with van der Waals surface area (Å²) in [5.74, 6) is -0.304. The molecule has 0 unspecified atom stereocenters. The third-order valence-electron chi connectivity index (χ3n) is 4.65. The highest BCUT2D eigenvalue weighted by molar-refractivity contribution is 7.89.